The highest BCUT2D eigenvalue weighted by Gasteiger charge is 2.22. The summed E-state index contributed by atoms with van der Waals surface area (Å²) in [7, 11) is 0. The van der Waals surface area contributed by atoms with Crippen molar-refractivity contribution in [2.75, 3.05) is 39.3 Å². The van der Waals surface area contributed by atoms with E-state index in [0.717, 1.165) is 52.7 Å². The number of fused-ring (bicyclic) bond motifs is 1. The third-order valence-electron chi connectivity index (χ3n) is 6.91. The fraction of sp³-hybridized carbons (Fsp3) is 0.267. The van der Waals surface area contributed by atoms with Gasteiger partial charge in [-0.3, -0.25) is 9.80 Å². The maximum atomic E-state index is 10.6. The van der Waals surface area contributed by atoms with Crippen molar-refractivity contribution in [3.05, 3.63) is 88.6 Å². The van der Waals surface area contributed by atoms with Crippen LogP contribution in [0.5, 0.6) is 5.75 Å². The molecule has 2 aromatic heterocycles. The molecule has 0 saturated carbocycles. The van der Waals surface area contributed by atoms with Crippen LogP contribution in [-0.4, -0.2) is 70.5 Å². The first kappa shape index (κ1) is 27.2. The van der Waals surface area contributed by atoms with Crippen LogP contribution in [0, 0.1) is 0 Å². The molecule has 0 bridgehead atoms. The van der Waals surface area contributed by atoms with Crippen molar-refractivity contribution in [2.45, 2.75) is 12.6 Å². The maximum Gasteiger partial charge on any atom is 0.151 e. The van der Waals surface area contributed by atoms with Crippen molar-refractivity contribution in [3.8, 4) is 27.6 Å². The van der Waals surface area contributed by atoms with E-state index in [2.05, 4.69) is 27.1 Å². The second-order valence-corrected chi connectivity index (χ2v) is 11.7. The summed E-state index contributed by atoms with van der Waals surface area (Å²) in [6, 6.07) is 23.4. The van der Waals surface area contributed by atoms with Gasteiger partial charge in [-0.05, 0) is 24.3 Å². The molecule has 206 valence electrons. The number of benzene rings is 3. The van der Waals surface area contributed by atoms with Gasteiger partial charge in [-0.25, -0.2) is 4.98 Å². The van der Waals surface area contributed by atoms with E-state index in [-0.39, 0.29) is 6.61 Å². The van der Waals surface area contributed by atoms with Crippen molar-refractivity contribution in [1.82, 2.24) is 19.9 Å². The molecule has 0 unspecified atom stereocenters. The van der Waals surface area contributed by atoms with Gasteiger partial charge in [0.2, 0.25) is 0 Å². The second kappa shape index (κ2) is 12.3. The fourth-order valence-corrected chi connectivity index (χ4v) is 6.39. The number of nitrogens with zero attached hydrogens (tertiary/aromatic N) is 4. The van der Waals surface area contributed by atoms with Crippen LogP contribution >= 0.6 is 34.5 Å². The van der Waals surface area contributed by atoms with Gasteiger partial charge in [0.05, 0.1) is 26.8 Å². The summed E-state index contributed by atoms with van der Waals surface area (Å²) >= 11 is 14.3. The molecule has 5 aromatic rings. The number of aliphatic hydroxyl groups excluding tert-OH is 1. The number of thiazole rings is 1. The zero-order valence-electron chi connectivity index (χ0n) is 21.7. The van der Waals surface area contributed by atoms with Gasteiger partial charge in [0.1, 0.15) is 29.2 Å². The van der Waals surface area contributed by atoms with E-state index in [1.807, 2.05) is 42.5 Å². The predicted octanol–water partition coefficient (Wildman–Crippen LogP) is 6.48. The zero-order valence-corrected chi connectivity index (χ0v) is 24.0. The highest BCUT2D eigenvalue weighted by molar-refractivity contribution is 7.21. The molecule has 1 aliphatic rings. The zero-order chi connectivity index (χ0) is 27.5. The average Bonchev–Trinajstić information content (AvgIpc) is 3.60. The molecule has 6 rings (SSSR count). The smallest absolute Gasteiger partial charge is 0.151 e. The van der Waals surface area contributed by atoms with Crippen LogP contribution in [0.2, 0.25) is 10.0 Å². The summed E-state index contributed by atoms with van der Waals surface area (Å²) in [5, 5.41) is 16.9. The molecule has 1 fully saturated rings. The predicted molar refractivity (Wildman–Crippen MR) is 160 cm³/mol. The minimum Gasteiger partial charge on any atom is -0.491 e. The molecule has 7 nitrogen and oxygen atoms in total. The van der Waals surface area contributed by atoms with E-state index >= 15 is 0 Å². The van der Waals surface area contributed by atoms with Crippen molar-refractivity contribution >= 4 is 44.8 Å². The SMILES string of the molecule is O[C@@H](COc1ccc2sc(-c3ccccc3)nc2c1)CN1CCN(Cc2cc(-c3c(Cl)cccc3Cl)no2)CC1. The van der Waals surface area contributed by atoms with E-state index in [1.54, 1.807) is 29.5 Å². The third kappa shape index (κ3) is 6.33. The summed E-state index contributed by atoms with van der Waals surface area (Å²) in [4.78, 5) is 9.34. The Hall–Kier alpha value is -2.98. The molecule has 0 aliphatic carbocycles. The van der Waals surface area contributed by atoms with Gasteiger partial charge < -0.3 is 14.4 Å². The summed E-state index contributed by atoms with van der Waals surface area (Å²) < 4.78 is 12.6. The van der Waals surface area contributed by atoms with Crippen LogP contribution in [-0.2, 0) is 6.54 Å². The van der Waals surface area contributed by atoms with Gasteiger partial charge in [0, 0.05) is 56.0 Å². The molecular weight excluding hydrogens is 567 g/mol. The number of rotatable bonds is 9. The fourth-order valence-electron chi connectivity index (χ4n) is 4.84. The lowest BCUT2D eigenvalue weighted by Gasteiger charge is -2.35. The highest BCUT2D eigenvalue weighted by atomic mass is 35.5. The first-order chi connectivity index (χ1) is 19.5. The lowest BCUT2D eigenvalue weighted by Crippen LogP contribution is -2.48. The Morgan fingerprint density at radius 2 is 1.68 bits per heavy atom. The Morgan fingerprint density at radius 3 is 2.45 bits per heavy atom. The molecule has 10 heteroatoms. The molecule has 0 spiro atoms. The Morgan fingerprint density at radius 1 is 0.925 bits per heavy atom. The molecule has 1 aliphatic heterocycles. The molecular formula is C30H28Cl2N4O3S. The Labute approximate surface area is 246 Å². The largest absolute Gasteiger partial charge is 0.491 e. The van der Waals surface area contributed by atoms with Gasteiger partial charge in [-0.2, -0.15) is 0 Å². The summed E-state index contributed by atoms with van der Waals surface area (Å²) in [5.74, 6) is 1.48. The normalized spacial score (nSPS) is 15.5. The van der Waals surface area contributed by atoms with Gasteiger partial charge in [-0.1, -0.05) is 64.8 Å². The number of aromatic nitrogens is 2. The maximum absolute atomic E-state index is 10.6. The lowest BCUT2D eigenvalue weighted by atomic mass is 10.1. The van der Waals surface area contributed by atoms with Crippen LogP contribution in [0.1, 0.15) is 5.76 Å². The molecule has 1 saturated heterocycles. The van der Waals surface area contributed by atoms with Crippen LogP contribution in [0.15, 0.2) is 77.3 Å². The van der Waals surface area contributed by atoms with E-state index in [1.165, 1.54) is 0 Å². The Kier molecular flexibility index (Phi) is 8.34. The van der Waals surface area contributed by atoms with Crippen LogP contribution in [0.25, 0.3) is 32.0 Å². The number of aliphatic hydroxyl groups is 1. The van der Waals surface area contributed by atoms with Gasteiger partial charge in [-0.15, -0.1) is 11.3 Å². The minimum atomic E-state index is -0.588. The molecule has 1 N–H and O–H groups in total. The molecule has 3 aromatic carbocycles. The number of halogens is 2. The van der Waals surface area contributed by atoms with Gasteiger partial charge >= 0.3 is 0 Å². The molecule has 0 amide bonds. The van der Waals surface area contributed by atoms with Crippen molar-refractivity contribution in [1.29, 1.82) is 0 Å². The Balaban J connectivity index is 0.967. The van der Waals surface area contributed by atoms with Crippen molar-refractivity contribution in [3.63, 3.8) is 0 Å². The van der Waals surface area contributed by atoms with Crippen LogP contribution in [0.3, 0.4) is 0 Å². The number of ether oxygens (including phenoxy) is 1. The summed E-state index contributed by atoms with van der Waals surface area (Å²) in [6.45, 7) is 4.86. The third-order valence-corrected chi connectivity index (χ3v) is 8.63. The van der Waals surface area contributed by atoms with Crippen molar-refractivity contribution < 1.29 is 14.4 Å². The average molecular weight is 596 g/mol. The second-order valence-electron chi connectivity index (χ2n) is 9.83. The number of piperazine rings is 1. The quantitative estimate of drug-likeness (QED) is 0.209. The summed E-state index contributed by atoms with van der Waals surface area (Å²) in [6.07, 6.45) is -0.588. The number of hydrogen-bond acceptors (Lipinski definition) is 8. The van der Waals surface area contributed by atoms with Crippen LogP contribution in [0.4, 0.5) is 0 Å². The van der Waals surface area contributed by atoms with E-state index in [4.69, 9.17) is 37.4 Å². The Bertz CT molecular complexity index is 1560. The first-order valence-corrected chi connectivity index (χ1v) is 14.7. The molecule has 1 atom stereocenters. The monoisotopic (exact) mass is 594 g/mol. The lowest BCUT2D eigenvalue weighted by molar-refractivity contribution is 0.0430. The van der Waals surface area contributed by atoms with E-state index < -0.39 is 6.10 Å². The first-order valence-electron chi connectivity index (χ1n) is 13.1. The molecule has 0 radical (unpaired) electrons. The van der Waals surface area contributed by atoms with Gasteiger partial charge in [0.25, 0.3) is 0 Å². The van der Waals surface area contributed by atoms with Gasteiger partial charge in [0.15, 0.2) is 5.76 Å². The van der Waals surface area contributed by atoms with E-state index in [0.29, 0.717) is 40.1 Å². The summed E-state index contributed by atoms with van der Waals surface area (Å²) in [5.41, 5.74) is 3.33. The number of hydrogen-bond donors (Lipinski definition) is 1. The van der Waals surface area contributed by atoms with Crippen LogP contribution < -0.4 is 4.74 Å². The minimum absolute atomic E-state index is 0.229. The standard InChI is InChI=1S/C30H28Cl2N4O3S/c31-24-7-4-8-25(32)29(24)27-16-23(39-34-27)18-36-13-11-35(12-14-36)17-21(37)19-38-22-9-10-28-26(15-22)33-30(40-28)20-5-2-1-3-6-20/h1-10,15-16,21,37H,11-14,17-19H2/t21-/m1/s1. The highest BCUT2D eigenvalue weighted by Crippen LogP contribution is 2.34. The molecule has 3 heterocycles. The number of β-amino-alcohol motifs (C(OH)–C–C–N with tert-alkyl or cyclic N) is 1. The van der Waals surface area contributed by atoms with E-state index in [9.17, 15) is 5.11 Å². The van der Waals surface area contributed by atoms with Crippen molar-refractivity contribution in [2.24, 2.45) is 0 Å². The topological polar surface area (TPSA) is 74.9 Å². The molecule has 40 heavy (non-hydrogen) atoms.